The predicted octanol–water partition coefficient (Wildman–Crippen LogP) is 5.98. The molecule has 0 spiro atoms. The van der Waals surface area contributed by atoms with E-state index in [2.05, 4.69) is 52.8 Å². The van der Waals surface area contributed by atoms with Crippen molar-refractivity contribution in [2.75, 3.05) is 32.6 Å². The van der Waals surface area contributed by atoms with Gasteiger partial charge in [0.1, 0.15) is 5.82 Å². The molecule has 1 aromatic heterocycles. The summed E-state index contributed by atoms with van der Waals surface area (Å²) in [5.74, 6) is 1.46. The molecular weight excluding hydrogens is 506 g/mol. The molecule has 2 aliphatic rings. The summed E-state index contributed by atoms with van der Waals surface area (Å²) < 4.78 is 31.4. The fourth-order valence-corrected chi connectivity index (χ4v) is 6.96. The predicted molar refractivity (Wildman–Crippen MR) is 157 cm³/mol. The third-order valence-electron chi connectivity index (χ3n) is 8.67. The molecule has 6 rings (SSSR count). The zero-order chi connectivity index (χ0) is 27.1. The summed E-state index contributed by atoms with van der Waals surface area (Å²) in [4.78, 5) is 7.93. The highest BCUT2D eigenvalue weighted by molar-refractivity contribution is 7.90. The molecule has 39 heavy (non-hydrogen) atoms. The van der Waals surface area contributed by atoms with Gasteiger partial charge in [0.2, 0.25) is 0 Å². The first-order valence-corrected chi connectivity index (χ1v) is 15.9. The highest BCUT2D eigenvalue weighted by Gasteiger charge is 2.27. The Kier molecular flexibility index (Phi) is 7.08. The number of hydrogen-bond donors (Lipinski definition) is 0. The van der Waals surface area contributed by atoms with Gasteiger partial charge in [0.05, 0.1) is 15.9 Å². The lowest BCUT2D eigenvalue weighted by Crippen LogP contribution is -2.43. The highest BCUT2D eigenvalue weighted by Crippen LogP contribution is 2.34. The zero-order valence-corrected chi connectivity index (χ0v) is 23.9. The first-order chi connectivity index (χ1) is 18.8. The molecular formula is C32H37N3O3S. The van der Waals surface area contributed by atoms with Crippen molar-refractivity contribution in [2.45, 2.75) is 49.5 Å². The van der Waals surface area contributed by atoms with Crippen LogP contribution in [0.25, 0.3) is 33.5 Å². The lowest BCUT2D eigenvalue weighted by Gasteiger charge is -2.39. The second-order valence-electron chi connectivity index (χ2n) is 11.2. The molecule has 2 aliphatic heterocycles. The number of rotatable bonds is 5. The second kappa shape index (κ2) is 10.5. The van der Waals surface area contributed by atoms with Crippen LogP contribution in [0.2, 0.25) is 0 Å². The van der Waals surface area contributed by atoms with Crippen LogP contribution in [0.1, 0.15) is 42.7 Å². The van der Waals surface area contributed by atoms with Crippen molar-refractivity contribution in [3.8, 4) is 22.5 Å². The number of fused-ring (bicyclic) bond motifs is 1. The fourth-order valence-electron chi connectivity index (χ4n) is 6.33. The largest absolute Gasteiger partial charge is 0.381 e. The summed E-state index contributed by atoms with van der Waals surface area (Å²) in [5, 5.41) is 0. The normalized spacial score (nSPS) is 18.1. The van der Waals surface area contributed by atoms with Crippen LogP contribution in [-0.4, -0.2) is 61.5 Å². The minimum absolute atomic E-state index is 0.316. The van der Waals surface area contributed by atoms with Gasteiger partial charge in [0.25, 0.3) is 0 Å². The van der Waals surface area contributed by atoms with E-state index in [0.717, 1.165) is 41.2 Å². The third-order valence-corrected chi connectivity index (χ3v) is 9.80. The highest BCUT2D eigenvalue weighted by atomic mass is 32.2. The molecule has 3 aromatic carbocycles. The zero-order valence-electron chi connectivity index (χ0n) is 23.1. The summed E-state index contributed by atoms with van der Waals surface area (Å²) in [6.07, 6.45) is 6.04. The van der Waals surface area contributed by atoms with E-state index < -0.39 is 9.84 Å². The van der Waals surface area contributed by atoms with Crippen LogP contribution in [0.4, 0.5) is 0 Å². The van der Waals surface area contributed by atoms with Gasteiger partial charge in [0.15, 0.2) is 9.84 Å². The molecule has 7 heteroatoms. The van der Waals surface area contributed by atoms with Crippen molar-refractivity contribution in [3.05, 3.63) is 71.8 Å². The molecule has 0 amide bonds. The van der Waals surface area contributed by atoms with Crippen LogP contribution in [0.3, 0.4) is 0 Å². The second-order valence-corrected chi connectivity index (χ2v) is 13.2. The van der Waals surface area contributed by atoms with Crippen LogP contribution in [-0.2, 0) is 21.6 Å². The van der Waals surface area contributed by atoms with E-state index in [0.29, 0.717) is 16.9 Å². The molecule has 2 fully saturated rings. The Labute approximate surface area is 231 Å². The van der Waals surface area contributed by atoms with Gasteiger partial charge in [0, 0.05) is 38.1 Å². The van der Waals surface area contributed by atoms with Gasteiger partial charge in [-0.2, -0.15) is 0 Å². The first kappa shape index (κ1) is 26.2. The Hall–Kier alpha value is -3.00. The molecule has 0 atom stereocenters. The molecule has 2 saturated heterocycles. The van der Waals surface area contributed by atoms with Crippen molar-refractivity contribution < 1.29 is 13.2 Å². The Balaban J connectivity index is 1.21. The van der Waals surface area contributed by atoms with Crippen molar-refractivity contribution in [1.82, 2.24) is 14.5 Å². The number of imidazole rings is 1. The van der Waals surface area contributed by atoms with E-state index in [1.165, 1.54) is 61.7 Å². The van der Waals surface area contributed by atoms with E-state index >= 15 is 0 Å². The van der Waals surface area contributed by atoms with E-state index in [1.807, 2.05) is 19.2 Å². The van der Waals surface area contributed by atoms with Crippen molar-refractivity contribution in [2.24, 2.45) is 7.05 Å². The number of benzene rings is 3. The number of nitrogens with zero attached hydrogens (tertiary/aromatic N) is 3. The molecule has 204 valence electrons. The summed E-state index contributed by atoms with van der Waals surface area (Å²) in [6, 6.07) is 21.3. The monoisotopic (exact) mass is 543 g/mol. The van der Waals surface area contributed by atoms with E-state index in [9.17, 15) is 8.42 Å². The lowest BCUT2D eigenvalue weighted by molar-refractivity contribution is 0.0252. The number of hydrogen-bond acceptors (Lipinski definition) is 5. The maximum Gasteiger partial charge on any atom is 0.175 e. The quantitative estimate of drug-likeness (QED) is 0.310. The molecule has 0 bridgehead atoms. The van der Waals surface area contributed by atoms with Crippen molar-refractivity contribution in [1.29, 1.82) is 0 Å². The van der Waals surface area contributed by atoms with Gasteiger partial charge in [-0.05, 0) is 110 Å². The molecule has 3 heterocycles. The number of aromatic nitrogens is 2. The Bertz CT molecular complexity index is 1580. The topological polar surface area (TPSA) is 64.4 Å². The molecule has 6 nitrogen and oxygen atoms in total. The molecule has 4 aromatic rings. The van der Waals surface area contributed by atoms with Crippen molar-refractivity contribution in [3.63, 3.8) is 0 Å². The van der Waals surface area contributed by atoms with E-state index in [1.54, 1.807) is 12.1 Å². The molecule has 0 saturated carbocycles. The average Bonchev–Trinajstić information content (AvgIpc) is 3.30. The number of ether oxygens (including phenoxy) is 1. The van der Waals surface area contributed by atoms with Crippen LogP contribution >= 0.6 is 0 Å². The van der Waals surface area contributed by atoms with Crippen LogP contribution in [0.5, 0.6) is 0 Å². The third kappa shape index (κ3) is 5.28. The summed E-state index contributed by atoms with van der Waals surface area (Å²) in [6.45, 7) is 6.31. The number of aryl methyl sites for hydroxylation is 2. The average molecular weight is 544 g/mol. The summed E-state index contributed by atoms with van der Waals surface area (Å²) >= 11 is 0. The van der Waals surface area contributed by atoms with Gasteiger partial charge >= 0.3 is 0 Å². The minimum Gasteiger partial charge on any atom is -0.381 e. The molecule has 0 N–H and O–H groups in total. The SMILES string of the molecule is Cc1cc(-c2ccc(C3CCN(C4CCOCC4)CC3)cc2)cc2c1nc(-c1ccc(S(C)(=O)=O)cc1)n2C. The molecule has 0 aliphatic carbocycles. The molecule has 0 unspecified atom stereocenters. The van der Waals surface area contributed by atoms with Crippen molar-refractivity contribution >= 4 is 20.9 Å². The van der Waals surface area contributed by atoms with Crippen LogP contribution < -0.4 is 0 Å². The summed E-state index contributed by atoms with van der Waals surface area (Å²) in [7, 11) is -1.21. The molecule has 0 radical (unpaired) electrons. The number of likely N-dealkylation sites (tertiary alicyclic amines) is 1. The first-order valence-electron chi connectivity index (χ1n) is 14.0. The lowest BCUT2D eigenvalue weighted by atomic mass is 9.87. The van der Waals surface area contributed by atoms with Gasteiger partial charge in [-0.1, -0.05) is 24.3 Å². The van der Waals surface area contributed by atoms with Crippen LogP contribution in [0, 0.1) is 6.92 Å². The fraction of sp³-hybridized carbons (Fsp3) is 0.406. The van der Waals surface area contributed by atoms with E-state index in [-0.39, 0.29) is 0 Å². The number of piperidine rings is 1. The van der Waals surface area contributed by atoms with Crippen LogP contribution in [0.15, 0.2) is 65.6 Å². The minimum atomic E-state index is -3.23. The maximum atomic E-state index is 11.9. The van der Waals surface area contributed by atoms with Gasteiger partial charge in [-0.3, -0.25) is 0 Å². The van der Waals surface area contributed by atoms with Gasteiger partial charge in [-0.25, -0.2) is 13.4 Å². The Morgan fingerprint density at radius 3 is 2.13 bits per heavy atom. The Morgan fingerprint density at radius 1 is 0.846 bits per heavy atom. The standard InChI is InChI=1S/C32H37N3O3S/c1-22-20-27(21-30-31(22)33-32(34(30)2)26-8-10-29(11-9-26)39(3,36)37)24-6-4-23(5-7-24)25-12-16-35(17-13-25)28-14-18-38-19-15-28/h4-11,20-21,25,28H,12-19H2,1-3H3. The van der Waals surface area contributed by atoms with Gasteiger partial charge in [-0.15, -0.1) is 0 Å². The van der Waals surface area contributed by atoms with Gasteiger partial charge < -0.3 is 14.2 Å². The summed E-state index contributed by atoms with van der Waals surface area (Å²) in [5.41, 5.74) is 7.90. The smallest absolute Gasteiger partial charge is 0.175 e. The maximum absolute atomic E-state index is 11.9. The number of sulfone groups is 1. The van der Waals surface area contributed by atoms with E-state index in [4.69, 9.17) is 9.72 Å². The Morgan fingerprint density at radius 2 is 1.49 bits per heavy atom.